The number of ether oxygens (including phenoxy) is 1. The molecule has 3 rings (SSSR count). The number of fused-ring (bicyclic) bond motifs is 1. The van der Waals surface area contributed by atoms with Crippen LogP contribution in [0.2, 0.25) is 0 Å². The van der Waals surface area contributed by atoms with Crippen molar-refractivity contribution in [1.82, 2.24) is 5.43 Å². The highest BCUT2D eigenvalue weighted by Crippen LogP contribution is 2.55. The normalized spacial score (nSPS) is 41.5. The third kappa shape index (κ3) is 2.83. The fourth-order valence-electron chi connectivity index (χ4n) is 3.98. The average Bonchev–Trinajstić information content (AvgIpc) is 2.81. The minimum absolute atomic E-state index is 0.547. The molecule has 3 heteroatoms. The number of nitrogens with two attached hydrogens (primary N) is 1. The first kappa shape index (κ1) is 11.9. The van der Waals surface area contributed by atoms with Crippen molar-refractivity contribution in [3.63, 3.8) is 0 Å². The summed E-state index contributed by atoms with van der Waals surface area (Å²) in [5, 5.41) is 0. The highest BCUT2D eigenvalue weighted by atomic mass is 16.5. The lowest BCUT2D eigenvalue weighted by atomic mass is 9.90. The van der Waals surface area contributed by atoms with E-state index in [4.69, 9.17) is 10.6 Å². The third-order valence-corrected chi connectivity index (χ3v) is 5.13. The maximum atomic E-state index is 5.73. The van der Waals surface area contributed by atoms with E-state index in [0.717, 1.165) is 24.4 Å². The summed E-state index contributed by atoms with van der Waals surface area (Å²) in [6, 6.07) is 0.559. The molecule has 1 heterocycles. The molecule has 1 aliphatic heterocycles. The topological polar surface area (TPSA) is 47.3 Å². The molecule has 3 fully saturated rings. The van der Waals surface area contributed by atoms with Gasteiger partial charge in [-0.1, -0.05) is 0 Å². The largest absolute Gasteiger partial charge is 0.378 e. The zero-order valence-corrected chi connectivity index (χ0v) is 10.7. The lowest BCUT2D eigenvalue weighted by molar-refractivity contribution is 0.100. The minimum Gasteiger partial charge on any atom is -0.378 e. The molecule has 0 bridgehead atoms. The van der Waals surface area contributed by atoms with Gasteiger partial charge in [0.15, 0.2) is 0 Å². The highest BCUT2D eigenvalue weighted by molar-refractivity contribution is 4.98. The van der Waals surface area contributed by atoms with Gasteiger partial charge in [0.25, 0.3) is 0 Å². The molecular weight excluding hydrogens is 212 g/mol. The number of rotatable bonds is 6. The second-order valence-electron chi connectivity index (χ2n) is 6.33. The molecule has 2 aliphatic carbocycles. The van der Waals surface area contributed by atoms with Crippen molar-refractivity contribution in [3.8, 4) is 0 Å². The first-order valence-electron chi connectivity index (χ1n) is 7.44. The van der Waals surface area contributed by atoms with E-state index in [2.05, 4.69) is 5.43 Å². The summed E-state index contributed by atoms with van der Waals surface area (Å²) in [5.41, 5.74) is 3.07. The molecule has 4 atom stereocenters. The molecular formula is C14H26N2O. The summed E-state index contributed by atoms with van der Waals surface area (Å²) in [6.45, 7) is 0.981. The number of hydrazine groups is 1. The van der Waals surface area contributed by atoms with Gasteiger partial charge in [-0.05, 0) is 69.1 Å². The monoisotopic (exact) mass is 238 g/mol. The van der Waals surface area contributed by atoms with Crippen molar-refractivity contribution in [3.05, 3.63) is 0 Å². The van der Waals surface area contributed by atoms with Crippen LogP contribution < -0.4 is 11.3 Å². The molecule has 1 saturated heterocycles. The summed E-state index contributed by atoms with van der Waals surface area (Å²) in [4.78, 5) is 0. The van der Waals surface area contributed by atoms with E-state index in [1.54, 1.807) is 0 Å². The van der Waals surface area contributed by atoms with E-state index in [1.165, 1.54) is 51.4 Å². The van der Waals surface area contributed by atoms with Crippen molar-refractivity contribution in [1.29, 1.82) is 0 Å². The van der Waals surface area contributed by atoms with E-state index in [-0.39, 0.29) is 0 Å². The molecule has 3 aliphatic rings. The Hall–Kier alpha value is -0.120. The third-order valence-electron chi connectivity index (χ3n) is 5.13. The second kappa shape index (κ2) is 5.25. The molecule has 0 radical (unpaired) electrons. The van der Waals surface area contributed by atoms with Gasteiger partial charge in [-0.25, -0.2) is 0 Å². The van der Waals surface area contributed by atoms with Gasteiger partial charge in [0, 0.05) is 12.6 Å². The van der Waals surface area contributed by atoms with Crippen molar-refractivity contribution in [2.24, 2.45) is 23.6 Å². The molecule has 3 nitrogen and oxygen atoms in total. The van der Waals surface area contributed by atoms with Crippen molar-refractivity contribution in [2.45, 2.75) is 63.5 Å². The molecule has 17 heavy (non-hydrogen) atoms. The molecule has 0 aromatic heterocycles. The number of nitrogens with one attached hydrogen (secondary N) is 1. The van der Waals surface area contributed by atoms with Crippen molar-refractivity contribution in [2.75, 3.05) is 6.61 Å². The SMILES string of the molecule is NNC(CCCC1CCCO1)C1CC2CC2C1. The van der Waals surface area contributed by atoms with Crippen LogP contribution in [0, 0.1) is 17.8 Å². The molecule has 0 amide bonds. The van der Waals surface area contributed by atoms with E-state index < -0.39 is 0 Å². The van der Waals surface area contributed by atoms with Crippen molar-refractivity contribution >= 4 is 0 Å². The molecule has 0 aromatic carbocycles. The van der Waals surface area contributed by atoms with Crippen LogP contribution in [0.4, 0.5) is 0 Å². The van der Waals surface area contributed by atoms with Crippen LogP contribution in [-0.2, 0) is 4.74 Å². The maximum Gasteiger partial charge on any atom is 0.0576 e. The smallest absolute Gasteiger partial charge is 0.0576 e. The standard InChI is InChI=1S/C14H26N2O/c15-16-14(12-8-10-7-11(10)9-12)5-1-3-13-4-2-6-17-13/h10-14,16H,1-9,15H2. The Kier molecular flexibility index (Phi) is 3.69. The summed E-state index contributed by atoms with van der Waals surface area (Å²) in [7, 11) is 0. The van der Waals surface area contributed by atoms with E-state index in [0.29, 0.717) is 12.1 Å². The van der Waals surface area contributed by atoms with Gasteiger partial charge in [0.1, 0.15) is 0 Å². The zero-order chi connectivity index (χ0) is 11.7. The van der Waals surface area contributed by atoms with Crippen LogP contribution in [0.3, 0.4) is 0 Å². The highest BCUT2D eigenvalue weighted by Gasteiger charge is 2.47. The quantitative estimate of drug-likeness (QED) is 0.551. The van der Waals surface area contributed by atoms with Gasteiger partial charge in [0.05, 0.1) is 6.10 Å². The Labute approximate surface area is 104 Å². The first-order valence-corrected chi connectivity index (χ1v) is 7.44. The Morgan fingerprint density at radius 3 is 2.71 bits per heavy atom. The summed E-state index contributed by atoms with van der Waals surface area (Å²) >= 11 is 0. The Morgan fingerprint density at radius 2 is 2.06 bits per heavy atom. The molecule has 2 saturated carbocycles. The van der Waals surface area contributed by atoms with Gasteiger partial charge >= 0.3 is 0 Å². The van der Waals surface area contributed by atoms with Gasteiger partial charge in [-0.15, -0.1) is 0 Å². The van der Waals surface area contributed by atoms with E-state index >= 15 is 0 Å². The average molecular weight is 238 g/mol. The lowest BCUT2D eigenvalue weighted by Crippen LogP contribution is -2.40. The Balaban J connectivity index is 1.36. The van der Waals surface area contributed by atoms with Crippen LogP contribution in [0.25, 0.3) is 0 Å². The number of hydrogen-bond donors (Lipinski definition) is 2. The first-order chi connectivity index (χ1) is 8.36. The van der Waals surface area contributed by atoms with Gasteiger partial charge in [-0.3, -0.25) is 11.3 Å². The van der Waals surface area contributed by atoms with E-state index in [9.17, 15) is 0 Å². The van der Waals surface area contributed by atoms with Crippen LogP contribution in [0.15, 0.2) is 0 Å². The summed E-state index contributed by atoms with van der Waals surface area (Å²) in [5.74, 6) is 8.71. The molecule has 3 N–H and O–H groups in total. The van der Waals surface area contributed by atoms with Gasteiger partial charge in [0.2, 0.25) is 0 Å². The summed E-state index contributed by atoms with van der Waals surface area (Å²) in [6.07, 6.45) is 11.2. The van der Waals surface area contributed by atoms with Crippen LogP contribution in [-0.4, -0.2) is 18.8 Å². The minimum atomic E-state index is 0.547. The zero-order valence-electron chi connectivity index (χ0n) is 10.7. The Bertz CT molecular complexity index is 243. The number of hydrogen-bond acceptors (Lipinski definition) is 3. The predicted octanol–water partition coefficient (Wildman–Crippen LogP) is 2.21. The second-order valence-corrected chi connectivity index (χ2v) is 6.33. The van der Waals surface area contributed by atoms with Crippen LogP contribution >= 0.6 is 0 Å². The molecule has 4 unspecified atom stereocenters. The fraction of sp³-hybridized carbons (Fsp3) is 1.00. The molecule has 98 valence electrons. The molecule has 0 spiro atoms. The maximum absolute atomic E-state index is 5.73. The lowest BCUT2D eigenvalue weighted by Gasteiger charge is -2.24. The predicted molar refractivity (Wildman–Crippen MR) is 68.3 cm³/mol. The van der Waals surface area contributed by atoms with Gasteiger partial charge in [-0.2, -0.15) is 0 Å². The van der Waals surface area contributed by atoms with Gasteiger partial charge < -0.3 is 4.74 Å². The fourth-order valence-corrected chi connectivity index (χ4v) is 3.98. The van der Waals surface area contributed by atoms with Crippen LogP contribution in [0.1, 0.15) is 51.4 Å². The molecule has 0 aromatic rings. The Morgan fingerprint density at radius 1 is 1.24 bits per heavy atom. The van der Waals surface area contributed by atoms with Crippen molar-refractivity contribution < 1.29 is 4.74 Å². The van der Waals surface area contributed by atoms with Crippen LogP contribution in [0.5, 0.6) is 0 Å². The van der Waals surface area contributed by atoms with E-state index in [1.807, 2.05) is 0 Å². The summed E-state index contributed by atoms with van der Waals surface area (Å²) < 4.78 is 5.67.